The summed E-state index contributed by atoms with van der Waals surface area (Å²) >= 11 is 0. The SMILES string of the molecule is CC(CNS(=O)(=O)C(C)C)c1ccc(NC(=O)CN2CCC(N(C)C)CC2)cc1. The Labute approximate surface area is 175 Å². The lowest BCUT2D eigenvalue weighted by atomic mass is 10.0. The van der Waals surface area contributed by atoms with Crippen LogP contribution in [0.2, 0.25) is 0 Å². The van der Waals surface area contributed by atoms with Crippen LogP contribution in [0.25, 0.3) is 0 Å². The van der Waals surface area contributed by atoms with E-state index in [1.807, 2.05) is 31.2 Å². The normalized spacial score (nSPS) is 17.6. The van der Waals surface area contributed by atoms with E-state index in [-0.39, 0.29) is 11.8 Å². The molecule has 1 fully saturated rings. The van der Waals surface area contributed by atoms with Crippen molar-refractivity contribution >= 4 is 21.6 Å². The number of piperidine rings is 1. The first-order valence-electron chi connectivity index (χ1n) is 10.4. The molecule has 0 saturated carbocycles. The highest BCUT2D eigenvalue weighted by Crippen LogP contribution is 2.18. The third kappa shape index (κ3) is 7.37. The van der Waals surface area contributed by atoms with E-state index in [4.69, 9.17) is 0 Å². The molecule has 164 valence electrons. The number of nitrogens with one attached hydrogen (secondary N) is 2. The number of hydrogen-bond acceptors (Lipinski definition) is 5. The topological polar surface area (TPSA) is 81.8 Å². The third-order valence-electron chi connectivity index (χ3n) is 5.63. The van der Waals surface area contributed by atoms with Crippen LogP contribution in [0.15, 0.2) is 24.3 Å². The largest absolute Gasteiger partial charge is 0.325 e. The fourth-order valence-electron chi connectivity index (χ4n) is 3.42. The predicted octanol–water partition coefficient (Wildman–Crippen LogP) is 2.08. The number of benzene rings is 1. The Morgan fingerprint density at radius 1 is 1.14 bits per heavy atom. The van der Waals surface area contributed by atoms with Crippen LogP contribution in [0.1, 0.15) is 45.1 Å². The van der Waals surface area contributed by atoms with Crippen molar-refractivity contribution in [2.45, 2.75) is 50.8 Å². The zero-order valence-electron chi connectivity index (χ0n) is 18.3. The van der Waals surface area contributed by atoms with Crippen molar-refractivity contribution < 1.29 is 13.2 Å². The van der Waals surface area contributed by atoms with E-state index < -0.39 is 15.3 Å². The molecule has 2 N–H and O–H groups in total. The average molecular weight is 425 g/mol. The lowest BCUT2D eigenvalue weighted by molar-refractivity contribution is -0.117. The number of likely N-dealkylation sites (tertiary alicyclic amines) is 1. The third-order valence-corrected chi connectivity index (χ3v) is 7.44. The Morgan fingerprint density at radius 2 is 1.72 bits per heavy atom. The maximum absolute atomic E-state index is 12.4. The molecule has 1 aromatic rings. The predicted molar refractivity (Wildman–Crippen MR) is 119 cm³/mol. The molecule has 1 amide bonds. The number of carbonyl (C=O) groups excluding carboxylic acids is 1. The molecule has 0 bridgehead atoms. The van der Waals surface area contributed by atoms with E-state index in [9.17, 15) is 13.2 Å². The van der Waals surface area contributed by atoms with Gasteiger partial charge in [-0.2, -0.15) is 0 Å². The standard InChI is InChI=1S/C21H36N4O3S/c1-16(2)29(27,28)22-14-17(3)18-6-8-19(9-7-18)23-21(26)15-25-12-10-20(11-13-25)24(4)5/h6-9,16-17,20,22H,10-15H2,1-5H3,(H,23,26). The van der Waals surface area contributed by atoms with Gasteiger partial charge in [-0.05, 0) is 64.4 Å². The highest BCUT2D eigenvalue weighted by molar-refractivity contribution is 7.90. The van der Waals surface area contributed by atoms with Crippen molar-refractivity contribution in [3.63, 3.8) is 0 Å². The molecule has 7 nitrogen and oxygen atoms in total. The van der Waals surface area contributed by atoms with Crippen LogP contribution in [0.4, 0.5) is 5.69 Å². The molecule has 1 atom stereocenters. The second-order valence-corrected chi connectivity index (χ2v) is 10.8. The first-order valence-corrected chi connectivity index (χ1v) is 11.9. The van der Waals surface area contributed by atoms with Gasteiger partial charge < -0.3 is 10.2 Å². The number of rotatable bonds is 9. The summed E-state index contributed by atoms with van der Waals surface area (Å²) in [7, 11) is 0.954. The minimum Gasteiger partial charge on any atom is -0.325 e. The summed E-state index contributed by atoms with van der Waals surface area (Å²) in [6, 6.07) is 8.23. The van der Waals surface area contributed by atoms with Crippen LogP contribution < -0.4 is 10.0 Å². The molecule has 0 spiro atoms. The Morgan fingerprint density at radius 3 is 2.24 bits per heavy atom. The summed E-state index contributed by atoms with van der Waals surface area (Å²) in [4.78, 5) is 16.8. The Hall–Kier alpha value is -1.48. The minimum absolute atomic E-state index is 0.00112. The maximum atomic E-state index is 12.4. The molecular weight excluding hydrogens is 388 g/mol. The molecule has 0 radical (unpaired) electrons. The number of anilines is 1. The van der Waals surface area contributed by atoms with Gasteiger partial charge in [0, 0.05) is 31.4 Å². The molecular formula is C21H36N4O3S. The van der Waals surface area contributed by atoms with Gasteiger partial charge in [-0.1, -0.05) is 19.1 Å². The first kappa shape index (κ1) is 23.8. The van der Waals surface area contributed by atoms with Crippen LogP contribution in [-0.4, -0.2) is 75.7 Å². The quantitative estimate of drug-likeness (QED) is 0.634. The van der Waals surface area contributed by atoms with Crippen LogP contribution >= 0.6 is 0 Å². The van der Waals surface area contributed by atoms with Crippen molar-refractivity contribution in [1.82, 2.24) is 14.5 Å². The zero-order valence-corrected chi connectivity index (χ0v) is 19.1. The lowest BCUT2D eigenvalue weighted by Gasteiger charge is -2.34. The molecule has 1 saturated heterocycles. The zero-order chi connectivity index (χ0) is 21.6. The molecule has 1 unspecified atom stereocenters. The summed E-state index contributed by atoms with van der Waals surface area (Å²) in [5.74, 6) is 0.0464. The van der Waals surface area contributed by atoms with Crippen molar-refractivity contribution in [2.75, 3.05) is 45.6 Å². The van der Waals surface area contributed by atoms with Crippen LogP contribution in [0, 0.1) is 0 Å². The van der Waals surface area contributed by atoms with Gasteiger partial charge in [0.25, 0.3) is 0 Å². The molecule has 1 aliphatic heterocycles. The van der Waals surface area contributed by atoms with E-state index in [0.29, 0.717) is 19.1 Å². The molecule has 0 aliphatic carbocycles. The maximum Gasteiger partial charge on any atom is 0.238 e. The first-order chi connectivity index (χ1) is 13.6. The number of sulfonamides is 1. The monoisotopic (exact) mass is 424 g/mol. The van der Waals surface area contributed by atoms with Gasteiger partial charge in [0.15, 0.2) is 0 Å². The highest BCUT2D eigenvalue weighted by atomic mass is 32.2. The smallest absolute Gasteiger partial charge is 0.238 e. The fourth-order valence-corrected chi connectivity index (χ4v) is 4.23. The molecule has 1 aliphatic rings. The van der Waals surface area contributed by atoms with Crippen LogP contribution in [0.5, 0.6) is 0 Å². The molecule has 2 rings (SSSR count). The van der Waals surface area contributed by atoms with E-state index in [0.717, 1.165) is 37.2 Å². The van der Waals surface area contributed by atoms with Gasteiger partial charge >= 0.3 is 0 Å². The van der Waals surface area contributed by atoms with Crippen molar-refractivity contribution in [1.29, 1.82) is 0 Å². The van der Waals surface area contributed by atoms with Crippen molar-refractivity contribution in [2.24, 2.45) is 0 Å². The molecule has 8 heteroatoms. The molecule has 29 heavy (non-hydrogen) atoms. The number of amides is 1. The van der Waals surface area contributed by atoms with Gasteiger partial charge in [-0.3, -0.25) is 9.69 Å². The summed E-state index contributed by atoms with van der Waals surface area (Å²) < 4.78 is 26.4. The van der Waals surface area contributed by atoms with Crippen LogP contribution in [-0.2, 0) is 14.8 Å². The minimum atomic E-state index is -3.26. The van der Waals surface area contributed by atoms with Gasteiger partial charge in [-0.25, -0.2) is 13.1 Å². The van der Waals surface area contributed by atoms with Gasteiger partial charge in [0.05, 0.1) is 11.8 Å². The van der Waals surface area contributed by atoms with Gasteiger partial charge in [-0.15, -0.1) is 0 Å². The van der Waals surface area contributed by atoms with Gasteiger partial charge in [0.2, 0.25) is 15.9 Å². The second kappa shape index (κ2) is 10.5. The highest BCUT2D eigenvalue weighted by Gasteiger charge is 2.22. The summed E-state index contributed by atoms with van der Waals surface area (Å²) in [6.45, 7) is 7.96. The van der Waals surface area contributed by atoms with Crippen molar-refractivity contribution in [3.8, 4) is 0 Å². The number of hydrogen-bond donors (Lipinski definition) is 2. The Kier molecular flexibility index (Phi) is 8.63. The Bertz CT molecular complexity index is 755. The molecule has 1 aromatic carbocycles. The lowest BCUT2D eigenvalue weighted by Crippen LogP contribution is -2.44. The van der Waals surface area contributed by atoms with Gasteiger partial charge in [0.1, 0.15) is 0 Å². The number of carbonyl (C=O) groups is 1. The number of nitrogens with zero attached hydrogens (tertiary/aromatic N) is 2. The summed E-state index contributed by atoms with van der Waals surface area (Å²) in [5, 5.41) is 2.51. The van der Waals surface area contributed by atoms with E-state index in [2.05, 4.69) is 33.9 Å². The molecule has 0 aromatic heterocycles. The summed E-state index contributed by atoms with van der Waals surface area (Å²) in [6.07, 6.45) is 2.18. The Balaban J connectivity index is 1.80. The van der Waals surface area contributed by atoms with Crippen LogP contribution in [0.3, 0.4) is 0 Å². The van der Waals surface area contributed by atoms with E-state index in [1.54, 1.807) is 13.8 Å². The fraction of sp³-hybridized carbons (Fsp3) is 0.667. The second-order valence-electron chi connectivity index (χ2n) is 8.48. The average Bonchev–Trinajstić information content (AvgIpc) is 2.67. The summed E-state index contributed by atoms with van der Waals surface area (Å²) in [5.41, 5.74) is 1.79. The molecule has 1 heterocycles. The van der Waals surface area contributed by atoms with Crippen molar-refractivity contribution in [3.05, 3.63) is 29.8 Å². The van der Waals surface area contributed by atoms with E-state index >= 15 is 0 Å². The van der Waals surface area contributed by atoms with E-state index in [1.165, 1.54) is 0 Å².